The highest BCUT2D eigenvalue weighted by atomic mass is 127. The van der Waals surface area contributed by atoms with Crippen LogP contribution in [0.25, 0.3) is 0 Å². The van der Waals surface area contributed by atoms with Gasteiger partial charge in [0.25, 0.3) is 5.91 Å². The number of nitrogens with one attached hydrogen (secondary N) is 1. The molecule has 1 aliphatic rings. The topological polar surface area (TPSA) is 55.4 Å². The minimum Gasteiger partial charge on any atom is -0.455 e. The van der Waals surface area contributed by atoms with Crippen LogP contribution in [0.5, 0.6) is 0 Å². The van der Waals surface area contributed by atoms with Crippen molar-refractivity contribution in [3.8, 4) is 0 Å². The van der Waals surface area contributed by atoms with E-state index in [1.807, 2.05) is 31.2 Å². The van der Waals surface area contributed by atoms with Crippen molar-refractivity contribution in [1.82, 2.24) is 0 Å². The first-order valence-corrected chi connectivity index (χ1v) is 6.87. The Morgan fingerprint density at radius 2 is 2.11 bits per heavy atom. The second-order valence-electron chi connectivity index (χ2n) is 4.46. The van der Waals surface area contributed by atoms with Gasteiger partial charge in [-0.25, -0.2) is 0 Å². The normalized spacial score (nSPS) is 21.2. The molecule has 18 heavy (non-hydrogen) atoms. The molecule has 1 aromatic carbocycles. The third-order valence-electron chi connectivity index (χ3n) is 2.91. The number of rotatable bonds is 4. The molecular weight excluding hydrogens is 345 g/mol. The number of esters is 1. The van der Waals surface area contributed by atoms with Gasteiger partial charge in [0.2, 0.25) is 0 Å². The Kier molecular flexibility index (Phi) is 4.21. The zero-order chi connectivity index (χ0) is 13.1. The number of hydrogen-bond acceptors (Lipinski definition) is 3. The number of anilines is 1. The number of halogens is 1. The Labute approximate surface area is 119 Å². The van der Waals surface area contributed by atoms with E-state index in [0.29, 0.717) is 5.92 Å². The summed E-state index contributed by atoms with van der Waals surface area (Å²) in [5, 5.41) is 2.71. The number of para-hydroxylation sites is 1. The van der Waals surface area contributed by atoms with Gasteiger partial charge in [0.15, 0.2) is 6.61 Å². The first-order valence-electron chi connectivity index (χ1n) is 5.79. The van der Waals surface area contributed by atoms with Crippen LogP contribution in [0, 0.1) is 15.4 Å². The fraction of sp³-hybridized carbons (Fsp3) is 0.385. The third-order valence-corrected chi connectivity index (χ3v) is 3.85. The molecule has 2 atom stereocenters. The molecule has 0 aliphatic heterocycles. The van der Waals surface area contributed by atoms with Gasteiger partial charge in [0, 0.05) is 3.57 Å². The first-order chi connectivity index (χ1) is 8.58. The molecule has 4 nitrogen and oxygen atoms in total. The van der Waals surface area contributed by atoms with Gasteiger partial charge in [0.05, 0.1) is 11.6 Å². The van der Waals surface area contributed by atoms with Crippen LogP contribution in [0.3, 0.4) is 0 Å². The number of ether oxygens (including phenoxy) is 1. The molecule has 1 aromatic rings. The highest BCUT2D eigenvalue weighted by molar-refractivity contribution is 14.1. The maximum absolute atomic E-state index is 11.6. The van der Waals surface area contributed by atoms with Gasteiger partial charge in [-0.1, -0.05) is 19.1 Å². The SMILES string of the molecule is C[C@H]1C[C@@H]1C(=O)OCC(=O)Nc1ccccc1I. The highest BCUT2D eigenvalue weighted by Crippen LogP contribution is 2.38. The quantitative estimate of drug-likeness (QED) is 0.664. The lowest BCUT2D eigenvalue weighted by Crippen LogP contribution is -2.22. The Bertz CT molecular complexity index is 475. The fourth-order valence-corrected chi connectivity index (χ4v) is 2.17. The summed E-state index contributed by atoms with van der Waals surface area (Å²) in [4.78, 5) is 23.0. The van der Waals surface area contributed by atoms with E-state index in [-0.39, 0.29) is 24.4 Å². The van der Waals surface area contributed by atoms with Crippen LogP contribution in [0.1, 0.15) is 13.3 Å². The predicted octanol–water partition coefficient (Wildman–Crippen LogP) is 2.43. The molecule has 0 aromatic heterocycles. The number of carbonyl (C=O) groups excluding carboxylic acids is 2. The summed E-state index contributed by atoms with van der Waals surface area (Å²) in [6, 6.07) is 7.44. The van der Waals surface area contributed by atoms with Gasteiger partial charge in [-0.2, -0.15) is 0 Å². The smallest absolute Gasteiger partial charge is 0.309 e. The van der Waals surface area contributed by atoms with E-state index < -0.39 is 0 Å². The Balaban J connectivity index is 1.79. The molecule has 0 saturated heterocycles. The van der Waals surface area contributed by atoms with Gasteiger partial charge in [-0.15, -0.1) is 0 Å². The van der Waals surface area contributed by atoms with Crippen LogP contribution < -0.4 is 5.32 Å². The van der Waals surface area contributed by atoms with Crippen LogP contribution in [0.15, 0.2) is 24.3 Å². The molecule has 0 unspecified atom stereocenters. The second-order valence-corrected chi connectivity index (χ2v) is 5.62. The minimum atomic E-state index is -0.305. The summed E-state index contributed by atoms with van der Waals surface area (Å²) in [5.41, 5.74) is 0.735. The standard InChI is InChI=1S/C13H14INO3/c1-8-6-9(8)13(17)18-7-12(16)15-11-5-3-2-4-10(11)14/h2-5,8-9H,6-7H2,1H3,(H,15,16)/t8-,9-/m0/s1. The Morgan fingerprint density at radius 3 is 2.72 bits per heavy atom. The molecule has 1 N–H and O–H groups in total. The van der Waals surface area contributed by atoms with E-state index in [9.17, 15) is 9.59 Å². The number of hydrogen-bond donors (Lipinski definition) is 1. The van der Waals surface area contributed by atoms with Gasteiger partial charge in [-0.05, 0) is 47.1 Å². The molecule has 2 rings (SSSR count). The van der Waals surface area contributed by atoms with E-state index in [0.717, 1.165) is 15.7 Å². The maximum Gasteiger partial charge on any atom is 0.309 e. The van der Waals surface area contributed by atoms with Crippen molar-refractivity contribution < 1.29 is 14.3 Å². The largest absolute Gasteiger partial charge is 0.455 e. The lowest BCUT2D eigenvalue weighted by atomic mass is 10.3. The molecule has 5 heteroatoms. The summed E-state index contributed by atoms with van der Waals surface area (Å²) in [5.74, 6) is -0.175. The Morgan fingerprint density at radius 1 is 1.44 bits per heavy atom. The monoisotopic (exact) mass is 359 g/mol. The summed E-state index contributed by atoms with van der Waals surface area (Å²) < 4.78 is 5.91. The van der Waals surface area contributed by atoms with Gasteiger partial charge >= 0.3 is 5.97 Å². The van der Waals surface area contributed by atoms with Gasteiger partial charge in [-0.3, -0.25) is 9.59 Å². The van der Waals surface area contributed by atoms with Crippen LogP contribution in [-0.2, 0) is 14.3 Å². The Hall–Kier alpha value is -1.11. The average molecular weight is 359 g/mol. The average Bonchev–Trinajstić information content (AvgIpc) is 3.06. The van der Waals surface area contributed by atoms with Crippen molar-refractivity contribution in [1.29, 1.82) is 0 Å². The number of amides is 1. The van der Waals surface area contributed by atoms with Gasteiger partial charge in [0.1, 0.15) is 0 Å². The van der Waals surface area contributed by atoms with Crippen LogP contribution in [0.2, 0.25) is 0 Å². The van der Waals surface area contributed by atoms with Crippen molar-refractivity contribution in [2.24, 2.45) is 11.8 Å². The van der Waals surface area contributed by atoms with E-state index >= 15 is 0 Å². The van der Waals surface area contributed by atoms with Crippen molar-refractivity contribution in [2.45, 2.75) is 13.3 Å². The second kappa shape index (κ2) is 5.69. The molecule has 96 valence electrons. The molecule has 0 heterocycles. The molecule has 1 aliphatic carbocycles. The van der Waals surface area contributed by atoms with Crippen LogP contribution in [0.4, 0.5) is 5.69 Å². The van der Waals surface area contributed by atoms with Crippen molar-refractivity contribution in [3.05, 3.63) is 27.8 Å². The minimum absolute atomic E-state index is 0.00494. The number of benzene rings is 1. The molecule has 1 amide bonds. The van der Waals surface area contributed by atoms with Crippen molar-refractivity contribution >= 4 is 40.2 Å². The van der Waals surface area contributed by atoms with E-state index in [1.54, 1.807) is 0 Å². The molecule has 0 spiro atoms. The molecule has 0 radical (unpaired) electrons. The van der Waals surface area contributed by atoms with Crippen molar-refractivity contribution in [3.63, 3.8) is 0 Å². The zero-order valence-electron chi connectivity index (χ0n) is 9.98. The number of carbonyl (C=O) groups is 2. The molecular formula is C13H14INO3. The molecule has 1 fully saturated rings. The lowest BCUT2D eigenvalue weighted by molar-refractivity contribution is -0.148. The zero-order valence-corrected chi connectivity index (χ0v) is 12.1. The summed E-state index contributed by atoms with van der Waals surface area (Å²) in [6.45, 7) is 1.78. The van der Waals surface area contributed by atoms with E-state index in [2.05, 4.69) is 27.9 Å². The summed E-state index contributed by atoms with van der Waals surface area (Å²) in [6.07, 6.45) is 0.872. The highest BCUT2D eigenvalue weighted by Gasteiger charge is 2.40. The predicted molar refractivity (Wildman–Crippen MR) is 76.0 cm³/mol. The van der Waals surface area contributed by atoms with Crippen LogP contribution in [-0.4, -0.2) is 18.5 Å². The van der Waals surface area contributed by atoms with Crippen LogP contribution >= 0.6 is 22.6 Å². The summed E-state index contributed by atoms with van der Waals surface area (Å²) >= 11 is 2.14. The first kappa shape index (κ1) is 13.3. The summed E-state index contributed by atoms with van der Waals surface area (Å²) in [7, 11) is 0. The van der Waals surface area contributed by atoms with Gasteiger partial charge < -0.3 is 10.1 Å². The maximum atomic E-state index is 11.6. The molecule has 0 bridgehead atoms. The van der Waals surface area contributed by atoms with E-state index in [4.69, 9.17) is 4.74 Å². The lowest BCUT2D eigenvalue weighted by Gasteiger charge is -2.07. The fourth-order valence-electron chi connectivity index (χ4n) is 1.64. The van der Waals surface area contributed by atoms with Crippen molar-refractivity contribution in [2.75, 3.05) is 11.9 Å². The van der Waals surface area contributed by atoms with E-state index in [1.165, 1.54) is 0 Å². The third kappa shape index (κ3) is 3.44. The molecule has 1 saturated carbocycles.